The third kappa shape index (κ3) is 3.39. The van der Waals surface area contributed by atoms with Crippen molar-refractivity contribution in [2.45, 2.75) is 38.3 Å². The maximum atomic E-state index is 12.5. The van der Waals surface area contributed by atoms with E-state index in [9.17, 15) is 18.0 Å². The topological polar surface area (TPSA) is 83.6 Å². The van der Waals surface area contributed by atoms with Gasteiger partial charge in [-0.2, -0.15) is 0 Å². The third-order valence-corrected chi connectivity index (χ3v) is 6.15. The van der Waals surface area contributed by atoms with Crippen LogP contribution in [-0.2, 0) is 25.8 Å². The second kappa shape index (κ2) is 5.96. The lowest BCUT2D eigenvalue weighted by atomic mass is 10.1. The van der Waals surface area contributed by atoms with Gasteiger partial charge in [-0.25, -0.2) is 8.42 Å². The Hall–Kier alpha value is -1.89. The van der Waals surface area contributed by atoms with Gasteiger partial charge >= 0.3 is 0 Å². The number of nitrogens with zero attached hydrogens (tertiary/aromatic N) is 1. The molecule has 0 aliphatic carbocycles. The molecule has 2 amide bonds. The molecule has 1 fully saturated rings. The first-order valence-electron chi connectivity index (χ1n) is 7.75. The Bertz CT molecular complexity index is 744. The molecule has 0 saturated carbocycles. The van der Waals surface area contributed by atoms with Crippen LogP contribution in [0.3, 0.4) is 0 Å². The molecule has 2 atom stereocenters. The Morgan fingerprint density at radius 2 is 2.04 bits per heavy atom. The maximum Gasteiger partial charge on any atom is 0.236 e. The number of fused-ring (bicyclic) bond motifs is 1. The summed E-state index contributed by atoms with van der Waals surface area (Å²) in [6.45, 7) is 1.96. The standard InChI is InChI=1S/C16H20N2O4S/c1-11-8-12-4-2-3-5-14(12)18(11)16(20)9-15(19)17-13-6-7-23(21,22)10-13/h2-5,11,13H,6-10H2,1H3,(H,17,19). The molecule has 0 radical (unpaired) electrons. The normalized spacial score (nSPS) is 25.2. The predicted molar refractivity (Wildman–Crippen MR) is 86.9 cm³/mol. The number of anilines is 1. The monoisotopic (exact) mass is 336 g/mol. The molecule has 124 valence electrons. The number of carbonyl (C=O) groups excluding carboxylic acids is 2. The van der Waals surface area contributed by atoms with Crippen molar-refractivity contribution in [3.05, 3.63) is 29.8 Å². The molecule has 1 aromatic rings. The van der Waals surface area contributed by atoms with E-state index in [1.807, 2.05) is 31.2 Å². The summed E-state index contributed by atoms with van der Waals surface area (Å²) in [5, 5.41) is 2.66. The molecule has 0 aromatic heterocycles. The number of carbonyl (C=O) groups is 2. The van der Waals surface area contributed by atoms with Crippen LogP contribution in [0.1, 0.15) is 25.3 Å². The average molecular weight is 336 g/mol. The van der Waals surface area contributed by atoms with E-state index in [1.165, 1.54) is 0 Å². The van der Waals surface area contributed by atoms with Crippen LogP contribution >= 0.6 is 0 Å². The number of benzene rings is 1. The second-order valence-electron chi connectivity index (χ2n) is 6.29. The molecule has 0 spiro atoms. The van der Waals surface area contributed by atoms with Gasteiger partial charge in [0.2, 0.25) is 11.8 Å². The van der Waals surface area contributed by atoms with Crippen LogP contribution in [0.25, 0.3) is 0 Å². The molecule has 1 N–H and O–H groups in total. The summed E-state index contributed by atoms with van der Waals surface area (Å²) in [5.74, 6) is -0.590. The summed E-state index contributed by atoms with van der Waals surface area (Å²) in [7, 11) is -3.04. The van der Waals surface area contributed by atoms with Crippen molar-refractivity contribution < 1.29 is 18.0 Å². The van der Waals surface area contributed by atoms with Gasteiger partial charge in [0.05, 0.1) is 11.5 Å². The fourth-order valence-electron chi connectivity index (χ4n) is 3.36. The molecule has 2 unspecified atom stereocenters. The Morgan fingerprint density at radius 1 is 1.30 bits per heavy atom. The average Bonchev–Trinajstić information content (AvgIpc) is 2.96. The minimum absolute atomic E-state index is 0.0274. The van der Waals surface area contributed by atoms with E-state index >= 15 is 0 Å². The first-order valence-corrected chi connectivity index (χ1v) is 9.57. The van der Waals surface area contributed by atoms with Crippen molar-refractivity contribution in [2.75, 3.05) is 16.4 Å². The summed E-state index contributed by atoms with van der Waals surface area (Å²) in [4.78, 5) is 26.2. The van der Waals surface area contributed by atoms with Gasteiger partial charge in [0, 0.05) is 17.8 Å². The van der Waals surface area contributed by atoms with Crippen molar-refractivity contribution in [3.63, 3.8) is 0 Å². The van der Waals surface area contributed by atoms with E-state index in [0.717, 1.165) is 17.7 Å². The van der Waals surface area contributed by atoms with Gasteiger partial charge in [0.15, 0.2) is 9.84 Å². The van der Waals surface area contributed by atoms with Gasteiger partial charge in [0.25, 0.3) is 0 Å². The molecule has 6 nitrogen and oxygen atoms in total. The SMILES string of the molecule is CC1Cc2ccccc2N1C(=O)CC(=O)NC1CCS(=O)(=O)C1. The number of rotatable bonds is 3. The first-order chi connectivity index (χ1) is 10.9. The molecule has 3 rings (SSSR count). The van der Waals surface area contributed by atoms with Gasteiger partial charge in [0.1, 0.15) is 6.42 Å². The molecule has 1 aromatic carbocycles. The Labute approximate surface area is 135 Å². The van der Waals surface area contributed by atoms with Crippen LogP contribution in [0.2, 0.25) is 0 Å². The first kappa shape index (κ1) is 16.0. The molecule has 7 heteroatoms. The summed E-state index contributed by atoms with van der Waals surface area (Å²) >= 11 is 0. The van der Waals surface area contributed by atoms with Crippen molar-refractivity contribution >= 4 is 27.3 Å². The number of sulfone groups is 1. The van der Waals surface area contributed by atoms with Gasteiger partial charge in [-0.05, 0) is 31.4 Å². The van der Waals surface area contributed by atoms with Gasteiger partial charge in [-0.3, -0.25) is 9.59 Å². The third-order valence-electron chi connectivity index (χ3n) is 4.39. The number of hydrogen-bond donors (Lipinski definition) is 1. The van der Waals surface area contributed by atoms with E-state index in [-0.39, 0.29) is 35.9 Å². The number of amides is 2. The highest BCUT2D eigenvalue weighted by atomic mass is 32.2. The second-order valence-corrected chi connectivity index (χ2v) is 8.52. The number of para-hydroxylation sites is 1. The van der Waals surface area contributed by atoms with Crippen molar-refractivity contribution in [3.8, 4) is 0 Å². The lowest BCUT2D eigenvalue weighted by Crippen LogP contribution is -2.42. The van der Waals surface area contributed by atoms with E-state index < -0.39 is 15.7 Å². The Morgan fingerprint density at radius 3 is 2.74 bits per heavy atom. The zero-order chi connectivity index (χ0) is 16.6. The minimum atomic E-state index is -3.04. The van der Waals surface area contributed by atoms with Crippen LogP contribution in [0.15, 0.2) is 24.3 Å². The smallest absolute Gasteiger partial charge is 0.236 e. The Balaban J connectivity index is 1.62. The lowest BCUT2D eigenvalue weighted by Gasteiger charge is -2.23. The summed E-state index contributed by atoms with van der Waals surface area (Å²) < 4.78 is 22.8. The molecular formula is C16H20N2O4S. The highest BCUT2D eigenvalue weighted by molar-refractivity contribution is 7.91. The zero-order valence-electron chi connectivity index (χ0n) is 13.0. The van der Waals surface area contributed by atoms with Crippen molar-refractivity contribution in [1.82, 2.24) is 5.32 Å². The van der Waals surface area contributed by atoms with Gasteiger partial charge in [-0.15, -0.1) is 0 Å². The van der Waals surface area contributed by atoms with E-state index in [0.29, 0.717) is 6.42 Å². The highest BCUT2D eigenvalue weighted by Gasteiger charge is 2.33. The molecule has 0 bridgehead atoms. The predicted octanol–water partition coefficient (Wildman–Crippen LogP) is 0.658. The summed E-state index contributed by atoms with van der Waals surface area (Å²) in [6.07, 6.45) is 0.949. The van der Waals surface area contributed by atoms with E-state index in [4.69, 9.17) is 0 Å². The van der Waals surface area contributed by atoms with Crippen LogP contribution in [0.5, 0.6) is 0 Å². The molecule has 23 heavy (non-hydrogen) atoms. The van der Waals surface area contributed by atoms with Gasteiger partial charge < -0.3 is 10.2 Å². The van der Waals surface area contributed by atoms with Gasteiger partial charge in [-0.1, -0.05) is 18.2 Å². The molecular weight excluding hydrogens is 316 g/mol. The summed E-state index contributed by atoms with van der Waals surface area (Å²) in [5.41, 5.74) is 1.97. The van der Waals surface area contributed by atoms with E-state index in [1.54, 1.807) is 4.90 Å². The van der Waals surface area contributed by atoms with Crippen molar-refractivity contribution in [2.24, 2.45) is 0 Å². The fourth-order valence-corrected chi connectivity index (χ4v) is 5.03. The zero-order valence-corrected chi connectivity index (χ0v) is 13.8. The molecule has 2 aliphatic rings. The van der Waals surface area contributed by atoms with Crippen molar-refractivity contribution in [1.29, 1.82) is 0 Å². The molecule has 1 saturated heterocycles. The minimum Gasteiger partial charge on any atom is -0.352 e. The fraction of sp³-hybridized carbons (Fsp3) is 0.500. The quantitative estimate of drug-likeness (QED) is 0.822. The van der Waals surface area contributed by atoms with Crippen LogP contribution in [0, 0.1) is 0 Å². The summed E-state index contributed by atoms with van der Waals surface area (Å²) in [6, 6.07) is 7.34. The number of nitrogens with one attached hydrogen (secondary N) is 1. The van der Waals surface area contributed by atoms with Crippen LogP contribution in [-0.4, -0.2) is 43.8 Å². The Kier molecular flexibility index (Phi) is 4.14. The van der Waals surface area contributed by atoms with Crippen LogP contribution in [0.4, 0.5) is 5.69 Å². The van der Waals surface area contributed by atoms with Crippen LogP contribution < -0.4 is 10.2 Å². The lowest BCUT2D eigenvalue weighted by molar-refractivity contribution is -0.128. The largest absolute Gasteiger partial charge is 0.352 e. The van der Waals surface area contributed by atoms with E-state index in [2.05, 4.69) is 5.32 Å². The molecule has 2 heterocycles. The highest BCUT2D eigenvalue weighted by Crippen LogP contribution is 2.32. The maximum absolute atomic E-state index is 12.5. The molecule has 2 aliphatic heterocycles. The number of hydrogen-bond acceptors (Lipinski definition) is 4.